The lowest BCUT2D eigenvalue weighted by Crippen LogP contribution is -2.48. The molecule has 0 saturated heterocycles. The highest BCUT2D eigenvalue weighted by atomic mass is 28.1. The van der Waals surface area contributed by atoms with E-state index in [0.29, 0.717) is 6.17 Å². The van der Waals surface area contributed by atoms with E-state index in [1.807, 2.05) is 0 Å². The Labute approximate surface area is 93.1 Å². The Morgan fingerprint density at radius 2 is 1.21 bits per heavy atom. The van der Waals surface area contributed by atoms with Crippen molar-refractivity contribution in [1.29, 1.82) is 0 Å². The third-order valence-corrected chi connectivity index (χ3v) is 3.59. The Morgan fingerprint density at radius 1 is 0.857 bits per heavy atom. The van der Waals surface area contributed by atoms with Crippen molar-refractivity contribution in [3.8, 4) is 0 Å². The molecule has 0 saturated carbocycles. The van der Waals surface area contributed by atoms with Crippen LogP contribution >= 0.6 is 0 Å². The van der Waals surface area contributed by atoms with E-state index in [1.165, 1.54) is 48.9 Å². The molecule has 0 radical (unpaired) electrons. The minimum absolute atomic E-state index is 0.692. The van der Waals surface area contributed by atoms with Gasteiger partial charge in [0.05, 0.1) is 6.17 Å². The molecule has 0 N–H and O–H groups in total. The molecular formula is C11H28N2Si. The maximum Gasteiger partial charge on any atom is 0.0619 e. The van der Waals surface area contributed by atoms with Crippen LogP contribution in [-0.2, 0) is 0 Å². The van der Waals surface area contributed by atoms with E-state index in [4.69, 9.17) is 0 Å². The fourth-order valence-electron chi connectivity index (χ4n) is 2.14. The summed E-state index contributed by atoms with van der Waals surface area (Å²) in [7, 11) is 1.34. The second-order valence-corrected chi connectivity index (χ2v) is 4.71. The first-order valence-electron chi connectivity index (χ1n) is 6.23. The van der Waals surface area contributed by atoms with Gasteiger partial charge in [-0.2, -0.15) is 0 Å². The molecule has 0 aromatic rings. The van der Waals surface area contributed by atoms with Crippen LogP contribution in [0.4, 0.5) is 0 Å². The van der Waals surface area contributed by atoms with Gasteiger partial charge in [-0.3, -0.25) is 9.80 Å². The molecule has 0 heterocycles. The van der Waals surface area contributed by atoms with Gasteiger partial charge in [0.15, 0.2) is 0 Å². The van der Waals surface area contributed by atoms with E-state index >= 15 is 0 Å². The minimum atomic E-state index is 0.692. The number of hydrogen-bond acceptors (Lipinski definition) is 2. The molecule has 0 aliphatic carbocycles. The second kappa shape index (κ2) is 8.45. The third kappa shape index (κ3) is 4.11. The summed E-state index contributed by atoms with van der Waals surface area (Å²) in [5, 5.41) is 0. The van der Waals surface area contributed by atoms with Crippen LogP contribution in [0, 0.1) is 0 Å². The Bertz CT molecular complexity index is 110. The summed E-state index contributed by atoms with van der Waals surface area (Å²) in [5.74, 6) is 0. The van der Waals surface area contributed by atoms with Crippen LogP contribution in [0.2, 0.25) is 6.04 Å². The van der Waals surface area contributed by atoms with E-state index in [1.54, 1.807) is 0 Å². The van der Waals surface area contributed by atoms with Gasteiger partial charge in [-0.05, 0) is 32.6 Å². The Hall–Kier alpha value is 0.137. The molecule has 14 heavy (non-hydrogen) atoms. The predicted octanol–water partition coefficient (Wildman–Crippen LogP) is 1.17. The summed E-state index contributed by atoms with van der Waals surface area (Å²) in [6.45, 7) is 13.8. The fourth-order valence-corrected chi connectivity index (χ4v) is 2.66. The highest BCUT2D eigenvalue weighted by Gasteiger charge is 2.19. The van der Waals surface area contributed by atoms with Gasteiger partial charge in [0.2, 0.25) is 0 Å². The van der Waals surface area contributed by atoms with Gasteiger partial charge >= 0.3 is 0 Å². The van der Waals surface area contributed by atoms with Crippen LogP contribution < -0.4 is 0 Å². The van der Waals surface area contributed by atoms with Crippen molar-refractivity contribution < 1.29 is 0 Å². The quantitative estimate of drug-likeness (QED) is 0.444. The van der Waals surface area contributed by atoms with E-state index in [0.717, 1.165) is 0 Å². The zero-order valence-corrected chi connectivity index (χ0v) is 12.7. The largest absolute Gasteiger partial charge is 0.288 e. The van der Waals surface area contributed by atoms with Gasteiger partial charge in [-0.25, -0.2) is 0 Å². The van der Waals surface area contributed by atoms with Gasteiger partial charge in [0.25, 0.3) is 0 Å². The lowest BCUT2D eigenvalue weighted by molar-refractivity contribution is 0.0540. The van der Waals surface area contributed by atoms with Crippen LogP contribution in [0.15, 0.2) is 0 Å². The topological polar surface area (TPSA) is 6.48 Å². The molecule has 0 aliphatic heterocycles. The SMILES string of the molecule is CCN(CC)C(CC[SiH3])N(CC)CC. The first-order valence-corrected chi connectivity index (χ1v) is 7.64. The molecule has 0 aromatic carbocycles. The van der Waals surface area contributed by atoms with Gasteiger partial charge in [0, 0.05) is 10.2 Å². The van der Waals surface area contributed by atoms with Crippen molar-refractivity contribution in [2.24, 2.45) is 0 Å². The van der Waals surface area contributed by atoms with E-state index in [-0.39, 0.29) is 0 Å². The molecule has 0 bridgehead atoms. The monoisotopic (exact) mass is 216 g/mol. The molecule has 3 heteroatoms. The molecule has 0 unspecified atom stereocenters. The van der Waals surface area contributed by atoms with Crippen molar-refractivity contribution in [2.45, 2.75) is 46.3 Å². The van der Waals surface area contributed by atoms with Crippen molar-refractivity contribution in [3.05, 3.63) is 0 Å². The molecule has 0 aromatic heterocycles. The van der Waals surface area contributed by atoms with Gasteiger partial charge in [0.1, 0.15) is 0 Å². The van der Waals surface area contributed by atoms with Gasteiger partial charge in [-0.15, -0.1) is 0 Å². The van der Waals surface area contributed by atoms with E-state index < -0.39 is 0 Å². The first kappa shape index (κ1) is 14.1. The van der Waals surface area contributed by atoms with Crippen LogP contribution in [0.1, 0.15) is 34.1 Å². The smallest absolute Gasteiger partial charge is 0.0619 e. The fraction of sp³-hybridized carbons (Fsp3) is 1.00. The molecule has 0 amide bonds. The van der Waals surface area contributed by atoms with Crippen LogP contribution in [0.25, 0.3) is 0 Å². The minimum Gasteiger partial charge on any atom is -0.288 e. The maximum atomic E-state index is 2.59. The summed E-state index contributed by atoms with van der Waals surface area (Å²) >= 11 is 0. The maximum absolute atomic E-state index is 2.59. The highest BCUT2D eigenvalue weighted by molar-refractivity contribution is 6.08. The molecule has 0 atom stereocenters. The number of rotatable bonds is 8. The number of nitrogens with zero attached hydrogens (tertiary/aromatic N) is 2. The van der Waals surface area contributed by atoms with E-state index in [2.05, 4.69) is 37.5 Å². The first-order chi connectivity index (χ1) is 6.74. The van der Waals surface area contributed by atoms with Crippen molar-refractivity contribution in [2.75, 3.05) is 26.2 Å². The van der Waals surface area contributed by atoms with Crippen molar-refractivity contribution in [1.82, 2.24) is 9.80 Å². The Kier molecular flexibility index (Phi) is 8.53. The molecule has 2 nitrogen and oxygen atoms in total. The van der Waals surface area contributed by atoms with Crippen molar-refractivity contribution >= 4 is 10.2 Å². The molecular weight excluding hydrogens is 188 g/mol. The van der Waals surface area contributed by atoms with E-state index in [9.17, 15) is 0 Å². The van der Waals surface area contributed by atoms with Crippen LogP contribution in [0.3, 0.4) is 0 Å². The number of hydrogen-bond donors (Lipinski definition) is 0. The lowest BCUT2D eigenvalue weighted by atomic mass is 10.2. The van der Waals surface area contributed by atoms with Gasteiger partial charge < -0.3 is 0 Å². The second-order valence-electron chi connectivity index (χ2n) is 3.71. The lowest BCUT2D eigenvalue weighted by Gasteiger charge is -2.38. The van der Waals surface area contributed by atoms with Crippen molar-refractivity contribution in [3.63, 3.8) is 0 Å². The molecule has 86 valence electrons. The van der Waals surface area contributed by atoms with Crippen LogP contribution in [0.5, 0.6) is 0 Å². The standard InChI is InChI=1S/C11H28N2Si/c1-5-12(6-2)11(9-10-14)13(7-3)8-4/h11H,5-10H2,1-4,14H3. The summed E-state index contributed by atoms with van der Waals surface area (Å²) in [4.78, 5) is 5.18. The Balaban J connectivity index is 4.36. The molecule has 0 fully saturated rings. The normalized spacial score (nSPS) is 12.2. The predicted molar refractivity (Wildman–Crippen MR) is 69.0 cm³/mol. The summed E-state index contributed by atoms with van der Waals surface area (Å²) < 4.78 is 0. The zero-order chi connectivity index (χ0) is 11.0. The summed E-state index contributed by atoms with van der Waals surface area (Å²) in [5.41, 5.74) is 0. The molecule has 0 spiro atoms. The average molecular weight is 216 g/mol. The van der Waals surface area contributed by atoms with Crippen LogP contribution in [-0.4, -0.2) is 52.4 Å². The molecule has 0 rings (SSSR count). The summed E-state index contributed by atoms with van der Waals surface area (Å²) in [6.07, 6.45) is 2.05. The van der Waals surface area contributed by atoms with Gasteiger partial charge in [-0.1, -0.05) is 33.7 Å². The average Bonchev–Trinajstić information content (AvgIpc) is 2.21. The zero-order valence-electron chi connectivity index (χ0n) is 10.7. The molecule has 0 aliphatic rings. The summed E-state index contributed by atoms with van der Waals surface area (Å²) in [6, 6.07) is 1.41. The Morgan fingerprint density at radius 3 is 1.43 bits per heavy atom. The third-order valence-electron chi connectivity index (χ3n) is 3.01. The highest BCUT2D eigenvalue weighted by Crippen LogP contribution is 2.11.